The number of hydrogen-bond acceptors (Lipinski definition) is 2. The molecule has 0 saturated heterocycles. The second-order valence-corrected chi connectivity index (χ2v) is 7.32. The molecule has 18 heavy (non-hydrogen) atoms. The van der Waals surface area contributed by atoms with Gasteiger partial charge >= 0.3 is 0 Å². The molecule has 0 aliphatic carbocycles. The van der Waals surface area contributed by atoms with Crippen molar-refractivity contribution >= 4 is 15.9 Å². The van der Waals surface area contributed by atoms with E-state index >= 15 is 0 Å². The van der Waals surface area contributed by atoms with Crippen LogP contribution in [0.2, 0.25) is 0 Å². The number of hydrogen-bond donors (Lipinski definition) is 1. The molecule has 0 bridgehead atoms. The minimum Gasteiger partial charge on any atom is -0.325 e. The van der Waals surface area contributed by atoms with E-state index in [9.17, 15) is 0 Å². The van der Waals surface area contributed by atoms with Crippen LogP contribution in [0.4, 0.5) is 0 Å². The van der Waals surface area contributed by atoms with E-state index in [1.54, 1.807) is 0 Å². The Kier molecular flexibility index (Phi) is 4.98. The molecular weight excluding hydrogens is 288 g/mol. The summed E-state index contributed by atoms with van der Waals surface area (Å²) in [6.07, 6.45) is 0. The molecule has 2 N–H and O–H groups in total. The van der Waals surface area contributed by atoms with Gasteiger partial charge in [0, 0.05) is 23.1 Å². The third kappa shape index (κ3) is 4.38. The fraction of sp³-hybridized carbons (Fsp3) is 0.600. The van der Waals surface area contributed by atoms with Gasteiger partial charge in [0.1, 0.15) is 0 Å². The summed E-state index contributed by atoms with van der Waals surface area (Å²) in [6, 6.07) is 8.48. The monoisotopic (exact) mass is 312 g/mol. The molecule has 102 valence electrons. The van der Waals surface area contributed by atoms with Gasteiger partial charge in [0.05, 0.1) is 0 Å². The first-order valence-corrected chi connectivity index (χ1v) is 7.13. The first-order chi connectivity index (χ1) is 8.12. The molecule has 0 unspecified atom stereocenters. The van der Waals surface area contributed by atoms with E-state index in [1.165, 1.54) is 5.56 Å². The fourth-order valence-electron chi connectivity index (χ4n) is 1.84. The van der Waals surface area contributed by atoms with Crippen molar-refractivity contribution in [3.05, 3.63) is 34.3 Å². The third-order valence-electron chi connectivity index (χ3n) is 3.78. The highest BCUT2D eigenvalue weighted by atomic mass is 79.9. The normalized spacial score (nSPS) is 13.1. The van der Waals surface area contributed by atoms with Crippen LogP contribution in [-0.4, -0.2) is 24.0 Å². The molecule has 0 atom stereocenters. The zero-order chi connectivity index (χ0) is 14.0. The summed E-state index contributed by atoms with van der Waals surface area (Å²) in [6.45, 7) is 10.6. The van der Waals surface area contributed by atoms with E-state index in [4.69, 9.17) is 5.73 Å². The first-order valence-electron chi connectivity index (χ1n) is 6.34. The molecule has 0 heterocycles. The molecular formula is C15H25BrN2. The number of nitrogens with zero attached hydrogens (tertiary/aromatic N) is 1. The highest BCUT2D eigenvalue weighted by Gasteiger charge is 2.34. The van der Waals surface area contributed by atoms with Crippen molar-refractivity contribution < 1.29 is 0 Å². The van der Waals surface area contributed by atoms with Crippen LogP contribution in [0.3, 0.4) is 0 Å². The highest BCUT2D eigenvalue weighted by molar-refractivity contribution is 9.10. The van der Waals surface area contributed by atoms with E-state index in [2.05, 4.69) is 79.8 Å². The average Bonchev–Trinajstić information content (AvgIpc) is 2.19. The van der Waals surface area contributed by atoms with Gasteiger partial charge in [0.2, 0.25) is 0 Å². The van der Waals surface area contributed by atoms with Crippen molar-refractivity contribution in [2.45, 2.75) is 39.8 Å². The van der Waals surface area contributed by atoms with E-state index in [-0.39, 0.29) is 11.0 Å². The van der Waals surface area contributed by atoms with Gasteiger partial charge in [-0.2, -0.15) is 0 Å². The van der Waals surface area contributed by atoms with Gasteiger partial charge in [-0.05, 0) is 44.0 Å². The van der Waals surface area contributed by atoms with Crippen LogP contribution in [0.1, 0.15) is 33.3 Å². The van der Waals surface area contributed by atoms with Crippen LogP contribution >= 0.6 is 15.9 Å². The predicted octanol–water partition coefficient (Wildman–Crippen LogP) is 3.64. The van der Waals surface area contributed by atoms with Crippen molar-refractivity contribution in [3.8, 4) is 0 Å². The molecule has 1 rings (SSSR count). The second kappa shape index (κ2) is 5.72. The van der Waals surface area contributed by atoms with Gasteiger partial charge in [-0.15, -0.1) is 0 Å². The molecule has 1 aromatic carbocycles. The zero-order valence-corrected chi connectivity index (χ0v) is 13.7. The van der Waals surface area contributed by atoms with Crippen molar-refractivity contribution in [1.82, 2.24) is 4.90 Å². The second-order valence-electron chi connectivity index (χ2n) is 6.40. The zero-order valence-electron chi connectivity index (χ0n) is 12.1. The average molecular weight is 313 g/mol. The maximum absolute atomic E-state index is 6.24. The molecule has 0 amide bonds. The summed E-state index contributed by atoms with van der Waals surface area (Å²) in [5.41, 5.74) is 7.47. The van der Waals surface area contributed by atoms with Gasteiger partial charge in [-0.3, -0.25) is 0 Å². The summed E-state index contributed by atoms with van der Waals surface area (Å²) in [5, 5.41) is 0. The smallest absolute Gasteiger partial charge is 0.0230 e. The lowest BCUT2D eigenvalue weighted by molar-refractivity contribution is 0.126. The summed E-state index contributed by atoms with van der Waals surface area (Å²) < 4.78 is 1.12. The minimum atomic E-state index is -0.180. The number of nitrogens with two attached hydrogens (primary N) is 1. The lowest BCUT2D eigenvalue weighted by Gasteiger charge is -2.41. The van der Waals surface area contributed by atoms with Gasteiger partial charge in [-0.25, -0.2) is 0 Å². The Bertz CT molecular complexity index is 376. The molecule has 3 heteroatoms. The number of benzene rings is 1. The van der Waals surface area contributed by atoms with E-state index in [1.807, 2.05) is 0 Å². The lowest BCUT2D eigenvalue weighted by atomic mass is 9.75. The van der Waals surface area contributed by atoms with Crippen LogP contribution < -0.4 is 5.73 Å². The molecule has 0 aliphatic rings. The summed E-state index contributed by atoms with van der Waals surface area (Å²) in [5.74, 6) is 0. The van der Waals surface area contributed by atoms with Crippen molar-refractivity contribution in [2.75, 3.05) is 13.6 Å². The van der Waals surface area contributed by atoms with Crippen molar-refractivity contribution in [3.63, 3.8) is 0 Å². The number of rotatable bonds is 5. The van der Waals surface area contributed by atoms with Gasteiger partial charge < -0.3 is 10.6 Å². The lowest BCUT2D eigenvalue weighted by Crippen LogP contribution is -2.52. The number of halogens is 1. The van der Waals surface area contributed by atoms with Crippen molar-refractivity contribution in [1.29, 1.82) is 0 Å². The molecule has 0 aromatic heterocycles. The van der Waals surface area contributed by atoms with Crippen LogP contribution in [0.15, 0.2) is 28.7 Å². The Hall–Kier alpha value is -0.380. The van der Waals surface area contributed by atoms with Crippen molar-refractivity contribution in [2.24, 2.45) is 11.1 Å². The molecule has 1 aromatic rings. The fourth-order valence-corrected chi connectivity index (χ4v) is 2.10. The Morgan fingerprint density at radius 3 is 2.06 bits per heavy atom. The maximum atomic E-state index is 6.24. The molecule has 2 nitrogen and oxygen atoms in total. The Labute approximate surface area is 120 Å². The Balaban J connectivity index is 2.62. The van der Waals surface area contributed by atoms with E-state index in [0.29, 0.717) is 0 Å². The Morgan fingerprint density at radius 1 is 1.11 bits per heavy atom. The minimum absolute atomic E-state index is 0.0805. The molecule has 0 aliphatic heterocycles. The van der Waals surface area contributed by atoms with E-state index < -0.39 is 0 Å². The largest absolute Gasteiger partial charge is 0.325 e. The highest BCUT2D eigenvalue weighted by Crippen LogP contribution is 2.29. The predicted molar refractivity (Wildman–Crippen MR) is 82.5 cm³/mol. The summed E-state index contributed by atoms with van der Waals surface area (Å²) in [7, 11) is 2.15. The molecule has 0 saturated carbocycles. The summed E-state index contributed by atoms with van der Waals surface area (Å²) >= 11 is 3.46. The van der Waals surface area contributed by atoms with Gasteiger partial charge in [-0.1, -0.05) is 41.9 Å². The third-order valence-corrected chi connectivity index (χ3v) is 4.30. The SMILES string of the molecule is CN(Cc1ccc(Br)cc1)CC(C)(C)C(C)(C)N. The van der Waals surface area contributed by atoms with Crippen LogP contribution in [-0.2, 0) is 6.54 Å². The standard InChI is InChI=1S/C15H25BrN2/c1-14(2,15(3,4)17)11-18(5)10-12-6-8-13(16)9-7-12/h6-9H,10-11,17H2,1-5H3. The van der Waals surface area contributed by atoms with Crippen LogP contribution in [0.5, 0.6) is 0 Å². The molecule has 0 fully saturated rings. The quantitative estimate of drug-likeness (QED) is 0.899. The van der Waals surface area contributed by atoms with Crippen LogP contribution in [0, 0.1) is 5.41 Å². The molecule has 0 radical (unpaired) electrons. The molecule has 0 spiro atoms. The first kappa shape index (κ1) is 15.7. The Morgan fingerprint density at radius 2 is 1.61 bits per heavy atom. The van der Waals surface area contributed by atoms with Crippen LogP contribution in [0.25, 0.3) is 0 Å². The van der Waals surface area contributed by atoms with E-state index in [0.717, 1.165) is 17.6 Å². The van der Waals surface area contributed by atoms with Gasteiger partial charge in [0.15, 0.2) is 0 Å². The van der Waals surface area contributed by atoms with Gasteiger partial charge in [0.25, 0.3) is 0 Å². The topological polar surface area (TPSA) is 29.3 Å². The maximum Gasteiger partial charge on any atom is 0.0230 e. The summed E-state index contributed by atoms with van der Waals surface area (Å²) in [4.78, 5) is 2.33.